The molecule has 6 heterocycles. The zero-order valence-electron chi connectivity index (χ0n) is 28.9. The summed E-state index contributed by atoms with van der Waals surface area (Å²) in [6.45, 7) is 5.47. The molecule has 1 atom stereocenters. The van der Waals surface area contributed by atoms with E-state index in [1.54, 1.807) is 18.2 Å². The number of aromatic hydroxyl groups is 2. The van der Waals surface area contributed by atoms with Gasteiger partial charge >= 0.3 is 11.3 Å². The van der Waals surface area contributed by atoms with Crippen LogP contribution in [0.15, 0.2) is 78.4 Å². The number of hydrogen-bond donors (Lipinski definition) is 3. The van der Waals surface area contributed by atoms with E-state index >= 15 is 0 Å². The van der Waals surface area contributed by atoms with Gasteiger partial charge in [-0.05, 0) is 74.3 Å². The number of nitrogens with one attached hydrogen (secondary N) is 1. The van der Waals surface area contributed by atoms with Crippen LogP contribution in [0.4, 0.5) is 0 Å². The molecule has 11 nitrogen and oxygen atoms in total. The first-order valence-electron chi connectivity index (χ1n) is 17.8. The number of phenolic OH excluding ortho intramolecular Hbond substituents is 2. The SMILES string of the molecule is Cc1csc(-c2cc3c(C4CCCN4Cc4c(O)ccc5cc(-c6nc7ccccc7n6C)c(=O)oc45)cc(O)c(C[NH+]4CCCC4)c3oc2=O)n1. The molecule has 4 aromatic heterocycles. The van der Waals surface area contributed by atoms with Gasteiger partial charge in [-0.15, -0.1) is 11.3 Å². The molecule has 3 aromatic carbocycles. The van der Waals surface area contributed by atoms with Crippen LogP contribution < -0.4 is 16.2 Å². The van der Waals surface area contributed by atoms with E-state index in [-0.39, 0.29) is 17.5 Å². The monoisotopic (exact) mass is 716 g/mol. The van der Waals surface area contributed by atoms with Crippen LogP contribution in [0, 0.1) is 6.92 Å². The zero-order chi connectivity index (χ0) is 35.7. The van der Waals surface area contributed by atoms with Crippen LogP contribution >= 0.6 is 11.3 Å². The molecule has 0 spiro atoms. The normalized spacial score (nSPS) is 17.0. The lowest BCUT2D eigenvalue weighted by Gasteiger charge is -2.27. The highest BCUT2D eigenvalue weighted by molar-refractivity contribution is 7.13. The number of aromatic nitrogens is 3. The molecule has 52 heavy (non-hydrogen) atoms. The Kier molecular flexibility index (Phi) is 7.98. The van der Waals surface area contributed by atoms with Crippen molar-refractivity contribution in [1.29, 1.82) is 0 Å². The van der Waals surface area contributed by atoms with Crippen molar-refractivity contribution in [3.05, 3.63) is 103 Å². The number of quaternary nitrogens is 1. The highest BCUT2D eigenvalue weighted by atomic mass is 32.1. The molecule has 1 unspecified atom stereocenters. The zero-order valence-corrected chi connectivity index (χ0v) is 29.8. The highest BCUT2D eigenvalue weighted by Gasteiger charge is 2.32. The van der Waals surface area contributed by atoms with Crippen molar-refractivity contribution in [2.24, 2.45) is 7.05 Å². The van der Waals surface area contributed by atoms with Crippen LogP contribution in [0.2, 0.25) is 0 Å². The molecule has 2 saturated heterocycles. The number of benzene rings is 3. The second-order valence-corrected chi connectivity index (χ2v) is 15.0. The second-order valence-electron chi connectivity index (χ2n) is 14.1. The van der Waals surface area contributed by atoms with E-state index in [9.17, 15) is 19.8 Å². The van der Waals surface area contributed by atoms with Gasteiger partial charge in [0.15, 0.2) is 5.58 Å². The van der Waals surface area contributed by atoms with Gasteiger partial charge in [-0.3, -0.25) is 4.90 Å². The molecule has 3 N–H and O–H groups in total. The molecule has 0 saturated carbocycles. The van der Waals surface area contributed by atoms with Crippen LogP contribution in [0.5, 0.6) is 11.5 Å². The first kappa shape index (κ1) is 32.6. The summed E-state index contributed by atoms with van der Waals surface area (Å²) in [7, 11) is 1.87. The second kappa shape index (κ2) is 12.7. The van der Waals surface area contributed by atoms with E-state index in [0.29, 0.717) is 69.3 Å². The minimum atomic E-state index is -0.539. The van der Waals surface area contributed by atoms with Gasteiger partial charge in [0.25, 0.3) is 0 Å². The molecule has 264 valence electrons. The maximum absolute atomic E-state index is 13.6. The number of rotatable bonds is 7. The predicted octanol–water partition coefficient (Wildman–Crippen LogP) is 5.81. The van der Waals surface area contributed by atoms with Crippen molar-refractivity contribution >= 4 is 44.3 Å². The number of aryl methyl sites for hydroxylation is 2. The minimum absolute atomic E-state index is 0.0286. The Bertz CT molecular complexity index is 2650. The molecule has 7 aromatic rings. The van der Waals surface area contributed by atoms with Crippen LogP contribution in [-0.2, 0) is 20.1 Å². The number of imidazole rings is 1. The van der Waals surface area contributed by atoms with Gasteiger partial charge < -0.3 is 28.5 Å². The van der Waals surface area contributed by atoms with Crippen molar-refractivity contribution in [3.63, 3.8) is 0 Å². The van der Waals surface area contributed by atoms with Gasteiger partial charge in [-0.2, -0.15) is 0 Å². The number of likely N-dealkylation sites (tertiary alicyclic amines) is 2. The Morgan fingerprint density at radius 1 is 0.904 bits per heavy atom. The van der Waals surface area contributed by atoms with Crippen LogP contribution in [0.25, 0.3) is 54.9 Å². The fourth-order valence-corrected chi connectivity index (χ4v) is 9.01. The van der Waals surface area contributed by atoms with Crippen molar-refractivity contribution in [3.8, 4) is 33.5 Å². The lowest BCUT2D eigenvalue weighted by Crippen LogP contribution is -3.08. The Labute approximate surface area is 302 Å². The van der Waals surface area contributed by atoms with E-state index < -0.39 is 11.3 Å². The van der Waals surface area contributed by atoms with E-state index in [1.165, 1.54) is 16.2 Å². The van der Waals surface area contributed by atoms with E-state index in [1.807, 2.05) is 60.3 Å². The number of nitrogens with zero attached hydrogens (tertiary/aromatic N) is 4. The summed E-state index contributed by atoms with van der Waals surface area (Å²) in [5.41, 5.74) is 4.95. The largest absolute Gasteiger partial charge is 0.507 e. The third-order valence-electron chi connectivity index (χ3n) is 10.8. The van der Waals surface area contributed by atoms with Crippen molar-refractivity contribution in [1.82, 2.24) is 19.4 Å². The summed E-state index contributed by atoms with van der Waals surface area (Å²) in [6, 6.07) is 16.4. The quantitative estimate of drug-likeness (QED) is 0.175. The molecular formula is C40H38N5O6S+. The van der Waals surface area contributed by atoms with Crippen molar-refractivity contribution < 1.29 is 23.9 Å². The molecule has 2 fully saturated rings. The van der Waals surface area contributed by atoms with Gasteiger partial charge in [0.1, 0.15) is 40.0 Å². The van der Waals surface area contributed by atoms with Crippen LogP contribution in [-0.4, -0.2) is 49.3 Å². The fraction of sp³-hybridized carbons (Fsp3) is 0.300. The Morgan fingerprint density at radius 3 is 2.48 bits per heavy atom. The first-order valence-corrected chi connectivity index (χ1v) is 18.6. The summed E-state index contributed by atoms with van der Waals surface area (Å²) in [4.78, 5) is 39.9. The van der Waals surface area contributed by atoms with E-state index in [2.05, 4.69) is 9.88 Å². The molecule has 0 aliphatic carbocycles. The topological polar surface area (TPSA) is 139 Å². The number of hydrogen-bond acceptors (Lipinski definition) is 10. The van der Waals surface area contributed by atoms with E-state index in [4.69, 9.17) is 13.8 Å². The molecule has 0 bridgehead atoms. The van der Waals surface area contributed by atoms with Gasteiger partial charge in [0, 0.05) is 54.3 Å². The van der Waals surface area contributed by atoms with Crippen molar-refractivity contribution in [2.75, 3.05) is 19.6 Å². The standard InChI is InChI=1S/C40H37N5O6S/c1-22-21-52-38(41-22)27-17-25-24(18-34(47)28(36(25)51-40(27)49)19-44-13-5-6-14-44)31-10-7-15-45(31)20-29-33(46)12-11-23-16-26(39(48)50-35(23)29)37-42-30-8-3-4-9-32(30)43(37)2/h3-4,8-9,11-12,16-18,21,31,46-47H,5-7,10,13-15,19-20H2,1-2H3/p+1. The number of phenols is 2. The molecule has 0 radical (unpaired) electrons. The summed E-state index contributed by atoms with van der Waals surface area (Å²) in [6.07, 6.45) is 3.91. The molecule has 2 aliphatic rings. The summed E-state index contributed by atoms with van der Waals surface area (Å²) in [5.74, 6) is 0.649. The number of fused-ring (bicyclic) bond motifs is 3. The maximum Gasteiger partial charge on any atom is 0.347 e. The molecule has 0 amide bonds. The van der Waals surface area contributed by atoms with E-state index in [0.717, 1.165) is 66.4 Å². The van der Waals surface area contributed by atoms with Crippen LogP contribution in [0.1, 0.15) is 54.1 Å². The number of para-hydroxylation sites is 2. The third-order valence-corrected chi connectivity index (χ3v) is 11.8. The Balaban J connectivity index is 1.13. The van der Waals surface area contributed by atoms with Crippen LogP contribution in [0.3, 0.4) is 0 Å². The Morgan fingerprint density at radius 2 is 1.69 bits per heavy atom. The van der Waals surface area contributed by atoms with Crippen molar-refractivity contribution in [2.45, 2.75) is 51.7 Å². The Hall–Kier alpha value is -5.30. The molecular weight excluding hydrogens is 679 g/mol. The average molecular weight is 717 g/mol. The average Bonchev–Trinajstić information content (AvgIpc) is 3.96. The lowest BCUT2D eigenvalue weighted by molar-refractivity contribution is -0.901. The lowest BCUT2D eigenvalue weighted by atomic mass is 9.95. The maximum atomic E-state index is 13.6. The summed E-state index contributed by atoms with van der Waals surface area (Å²) >= 11 is 1.40. The van der Waals surface area contributed by atoms with Gasteiger partial charge in [-0.25, -0.2) is 19.6 Å². The van der Waals surface area contributed by atoms with Gasteiger partial charge in [-0.1, -0.05) is 12.1 Å². The molecule has 2 aliphatic heterocycles. The molecule has 9 rings (SSSR count). The highest BCUT2D eigenvalue weighted by Crippen LogP contribution is 2.43. The minimum Gasteiger partial charge on any atom is -0.507 e. The third kappa shape index (κ3) is 5.49. The van der Waals surface area contributed by atoms with Gasteiger partial charge in [0.2, 0.25) is 0 Å². The summed E-state index contributed by atoms with van der Waals surface area (Å²) in [5, 5.41) is 26.7. The summed E-state index contributed by atoms with van der Waals surface area (Å²) < 4.78 is 14.0. The smallest absolute Gasteiger partial charge is 0.347 e. The molecule has 12 heteroatoms. The first-order chi connectivity index (χ1) is 25.2. The predicted molar refractivity (Wildman–Crippen MR) is 200 cm³/mol. The van der Waals surface area contributed by atoms with Gasteiger partial charge in [0.05, 0.1) is 40.8 Å². The number of thiazole rings is 1. The fourth-order valence-electron chi connectivity index (χ4n) is 8.21.